The average molecular weight is 359 g/mol. The number of halogens is 2. The first-order valence-corrected chi connectivity index (χ1v) is 6.66. The highest BCUT2D eigenvalue weighted by molar-refractivity contribution is 14.1. The quantitative estimate of drug-likeness (QED) is 0.832. The molecular formula is C13H12ClIN2. The summed E-state index contributed by atoms with van der Waals surface area (Å²) in [7, 11) is 0. The second-order valence-electron chi connectivity index (χ2n) is 3.88. The molecular weight excluding hydrogens is 347 g/mol. The molecule has 0 radical (unpaired) electrons. The molecule has 0 spiro atoms. The van der Waals surface area contributed by atoms with Gasteiger partial charge in [-0.2, -0.15) is 0 Å². The second kappa shape index (κ2) is 5.33. The highest BCUT2D eigenvalue weighted by Crippen LogP contribution is 2.25. The molecule has 17 heavy (non-hydrogen) atoms. The van der Waals surface area contributed by atoms with Gasteiger partial charge in [0.05, 0.1) is 11.1 Å². The van der Waals surface area contributed by atoms with E-state index in [0.717, 1.165) is 25.4 Å². The van der Waals surface area contributed by atoms with Crippen molar-refractivity contribution in [3.05, 3.63) is 61.9 Å². The van der Waals surface area contributed by atoms with Crippen LogP contribution in [-0.2, 0) is 0 Å². The average Bonchev–Trinajstić information content (AvgIpc) is 2.33. The van der Waals surface area contributed by atoms with Crippen LogP contribution in [0.5, 0.6) is 0 Å². The van der Waals surface area contributed by atoms with Gasteiger partial charge in [0.1, 0.15) is 0 Å². The highest BCUT2D eigenvalue weighted by atomic mass is 127. The van der Waals surface area contributed by atoms with Gasteiger partial charge in [-0.15, -0.1) is 0 Å². The lowest BCUT2D eigenvalue weighted by Crippen LogP contribution is -2.12. The molecule has 0 aliphatic carbocycles. The molecule has 1 aromatic heterocycles. The van der Waals surface area contributed by atoms with Crippen molar-refractivity contribution in [1.29, 1.82) is 0 Å². The van der Waals surface area contributed by atoms with Crippen molar-refractivity contribution in [2.45, 2.75) is 13.0 Å². The molecule has 1 aromatic carbocycles. The van der Waals surface area contributed by atoms with Crippen LogP contribution in [0.25, 0.3) is 0 Å². The van der Waals surface area contributed by atoms with E-state index in [-0.39, 0.29) is 6.04 Å². The highest BCUT2D eigenvalue weighted by Gasteiger charge is 2.10. The van der Waals surface area contributed by atoms with Gasteiger partial charge >= 0.3 is 0 Å². The molecule has 1 unspecified atom stereocenters. The minimum Gasteiger partial charge on any atom is -0.320 e. The zero-order valence-corrected chi connectivity index (χ0v) is 12.2. The van der Waals surface area contributed by atoms with Crippen LogP contribution in [-0.4, -0.2) is 4.98 Å². The monoisotopic (exact) mass is 358 g/mol. The second-order valence-corrected chi connectivity index (χ2v) is 5.45. The van der Waals surface area contributed by atoms with Gasteiger partial charge in [-0.3, -0.25) is 4.98 Å². The van der Waals surface area contributed by atoms with Crippen LogP contribution in [0.4, 0.5) is 0 Å². The normalized spacial score (nSPS) is 12.5. The fourth-order valence-electron chi connectivity index (χ4n) is 1.56. The largest absolute Gasteiger partial charge is 0.320 e. The summed E-state index contributed by atoms with van der Waals surface area (Å²) in [4.78, 5) is 4.25. The molecule has 88 valence electrons. The number of hydrogen-bond acceptors (Lipinski definition) is 2. The van der Waals surface area contributed by atoms with Crippen molar-refractivity contribution in [2.24, 2.45) is 5.73 Å². The van der Waals surface area contributed by atoms with Crippen LogP contribution in [0.1, 0.15) is 22.9 Å². The fraction of sp³-hybridized carbons (Fsp3) is 0.154. The van der Waals surface area contributed by atoms with E-state index >= 15 is 0 Å². The smallest absolute Gasteiger partial charge is 0.0567 e. The first-order chi connectivity index (χ1) is 8.08. The number of rotatable bonds is 2. The molecule has 0 fully saturated rings. The van der Waals surface area contributed by atoms with E-state index in [1.54, 1.807) is 0 Å². The van der Waals surface area contributed by atoms with Crippen molar-refractivity contribution in [1.82, 2.24) is 4.98 Å². The third kappa shape index (κ3) is 2.97. The predicted molar refractivity (Wildman–Crippen MR) is 79.2 cm³/mol. The Bertz CT molecular complexity index is 525. The third-order valence-electron chi connectivity index (χ3n) is 2.60. The lowest BCUT2D eigenvalue weighted by atomic mass is 10.0. The van der Waals surface area contributed by atoms with Gasteiger partial charge in [-0.1, -0.05) is 23.7 Å². The summed E-state index contributed by atoms with van der Waals surface area (Å²) < 4.78 is 1.03. The Balaban J connectivity index is 2.33. The minimum absolute atomic E-state index is 0.183. The molecule has 2 aromatic rings. The third-order valence-corrected chi connectivity index (χ3v) is 4.17. The molecule has 0 amide bonds. The van der Waals surface area contributed by atoms with E-state index in [1.807, 2.05) is 43.5 Å². The summed E-state index contributed by atoms with van der Waals surface area (Å²) in [5, 5.41) is 0.735. The topological polar surface area (TPSA) is 38.9 Å². The lowest BCUT2D eigenvalue weighted by Gasteiger charge is -2.13. The Labute approximate surface area is 119 Å². The molecule has 2 nitrogen and oxygen atoms in total. The van der Waals surface area contributed by atoms with Crippen molar-refractivity contribution < 1.29 is 0 Å². The zero-order chi connectivity index (χ0) is 12.4. The van der Waals surface area contributed by atoms with E-state index in [2.05, 4.69) is 27.6 Å². The first kappa shape index (κ1) is 12.8. The summed E-state index contributed by atoms with van der Waals surface area (Å²) in [6.45, 7) is 1.96. The zero-order valence-electron chi connectivity index (χ0n) is 9.32. The summed E-state index contributed by atoms with van der Waals surface area (Å²) in [6, 6.07) is 9.66. The Morgan fingerprint density at radius 1 is 1.24 bits per heavy atom. The van der Waals surface area contributed by atoms with Crippen molar-refractivity contribution >= 4 is 34.2 Å². The van der Waals surface area contributed by atoms with Crippen molar-refractivity contribution in [3.63, 3.8) is 0 Å². The van der Waals surface area contributed by atoms with E-state index in [9.17, 15) is 0 Å². The van der Waals surface area contributed by atoms with Gasteiger partial charge in [0, 0.05) is 15.5 Å². The molecule has 0 saturated carbocycles. The van der Waals surface area contributed by atoms with Gasteiger partial charge in [-0.25, -0.2) is 0 Å². The van der Waals surface area contributed by atoms with Crippen LogP contribution in [0.3, 0.4) is 0 Å². The molecule has 0 aliphatic rings. The number of aromatic nitrogens is 1. The maximum atomic E-state index is 6.18. The fourth-order valence-corrected chi connectivity index (χ4v) is 2.09. The van der Waals surface area contributed by atoms with Crippen molar-refractivity contribution in [3.8, 4) is 0 Å². The Hall–Kier alpha value is -0.650. The van der Waals surface area contributed by atoms with Crippen LogP contribution in [0.15, 0.2) is 36.5 Å². The Morgan fingerprint density at radius 3 is 2.53 bits per heavy atom. The van der Waals surface area contributed by atoms with E-state index < -0.39 is 0 Å². The van der Waals surface area contributed by atoms with Gasteiger partial charge in [0.2, 0.25) is 0 Å². The summed E-state index contributed by atoms with van der Waals surface area (Å²) >= 11 is 8.29. The molecule has 4 heteroatoms. The molecule has 2 rings (SSSR count). The maximum absolute atomic E-state index is 6.18. The number of pyridine rings is 1. The van der Waals surface area contributed by atoms with Gasteiger partial charge in [-0.05, 0) is 58.8 Å². The minimum atomic E-state index is -0.183. The van der Waals surface area contributed by atoms with E-state index in [1.165, 1.54) is 0 Å². The number of benzene rings is 1. The molecule has 0 saturated heterocycles. The predicted octanol–water partition coefficient (Wildman–Crippen LogP) is 3.70. The van der Waals surface area contributed by atoms with Gasteiger partial charge in [0.15, 0.2) is 0 Å². The lowest BCUT2D eigenvalue weighted by molar-refractivity contribution is 0.860. The molecule has 0 bridgehead atoms. The van der Waals surface area contributed by atoms with Gasteiger partial charge in [0.25, 0.3) is 0 Å². The molecule has 2 N–H and O–H groups in total. The van der Waals surface area contributed by atoms with Crippen LogP contribution in [0, 0.1) is 10.5 Å². The molecule has 0 aliphatic heterocycles. The summed E-state index contributed by atoms with van der Waals surface area (Å²) in [6.07, 6.45) is 1.81. The standard InChI is InChI=1S/C13H12ClIN2/c1-8-2-3-10(7-17-8)13(16)9-4-5-12(15)11(14)6-9/h2-7,13H,16H2,1H3. The summed E-state index contributed by atoms with van der Waals surface area (Å²) in [5.74, 6) is 0. The Morgan fingerprint density at radius 2 is 1.94 bits per heavy atom. The van der Waals surface area contributed by atoms with Crippen LogP contribution < -0.4 is 5.73 Å². The SMILES string of the molecule is Cc1ccc(C(N)c2ccc(I)c(Cl)c2)cn1. The van der Waals surface area contributed by atoms with E-state index in [4.69, 9.17) is 17.3 Å². The van der Waals surface area contributed by atoms with E-state index in [0.29, 0.717) is 0 Å². The Kier molecular flexibility index (Phi) is 4.01. The number of nitrogens with zero attached hydrogens (tertiary/aromatic N) is 1. The van der Waals surface area contributed by atoms with Crippen LogP contribution in [0.2, 0.25) is 5.02 Å². The van der Waals surface area contributed by atoms with Crippen molar-refractivity contribution in [2.75, 3.05) is 0 Å². The number of aryl methyl sites for hydroxylation is 1. The summed E-state index contributed by atoms with van der Waals surface area (Å²) in [5.41, 5.74) is 9.17. The maximum Gasteiger partial charge on any atom is 0.0567 e. The number of hydrogen-bond donors (Lipinski definition) is 1. The van der Waals surface area contributed by atoms with Gasteiger partial charge < -0.3 is 5.73 Å². The first-order valence-electron chi connectivity index (χ1n) is 5.21. The number of nitrogens with two attached hydrogens (primary N) is 1. The molecule has 1 heterocycles. The molecule has 1 atom stereocenters. The van der Waals surface area contributed by atoms with Crippen LogP contribution >= 0.6 is 34.2 Å².